The molecule has 0 saturated carbocycles. The highest BCUT2D eigenvalue weighted by Gasteiger charge is 2.28. The number of carbonyl (C=O) groups excluding carboxylic acids is 1. The fraction of sp³-hybridized carbons (Fsp3) is 0.208. The molecule has 3 rings (SSSR count). The van der Waals surface area contributed by atoms with E-state index in [0.717, 1.165) is 22.4 Å². The lowest BCUT2D eigenvalue weighted by Crippen LogP contribution is -2.20. The molecule has 28 heavy (non-hydrogen) atoms. The highest BCUT2D eigenvalue weighted by Crippen LogP contribution is 2.37. The molecule has 3 aromatic carbocycles. The molecule has 4 heteroatoms. The first-order valence-corrected chi connectivity index (χ1v) is 9.58. The molecule has 0 aliphatic carbocycles. The van der Waals surface area contributed by atoms with Crippen molar-refractivity contribution in [1.29, 1.82) is 0 Å². The van der Waals surface area contributed by atoms with E-state index < -0.39 is 0 Å². The van der Waals surface area contributed by atoms with Gasteiger partial charge in [0.2, 0.25) is 0 Å². The largest absolute Gasteiger partial charge is 0.469 e. The van der Waals surface area contributed by atoms with Gasteiger partial charge in [0.05, 0.1) is 13.0 Å². The second-order valence-corrected chi connectivity index (χ2v) is 7.36. The monoisotopic (exact) mass is 394 g/mol. The van der Waals surface area contributed by atoms with Gasteiger partial charge in [0.15, 0.2) is 0 Å². The van der Waals surface area contributed by atoms with E-state index in [1.54, 1.807) is 0 Å². The number of rotatable bonds is 6. The standard InChI is InChI=1S/C24H23ClO3/c1-16(2)23(24(26)27-3)21-13-12-18(25)15-22(21)17-8-7-11-20(14-17)28-19-9-5-4-6-10-19/h4-16,23H,1-3H3. The van der Waals surface area contributed by atoms with Crippen LogP contribution in [0.3, 0.4) is 0 Å². The van der Waals surface area contributed by atoms with Crippen molar-refractivity contribution in [3.8, 4) is 22.6 Å². The van der Waals surface area contributed by atoms with Crippen molar-refractivity contribution in [2.45, 2.75) is 19.8 Å². The third-order valence-corrected chi connectivity index (χ3v) is 4.83. The molecule has 1 atom stereocenters. The van der Waals surface area contributed by atoms with Gasteiger partial charge in [-0.25, -0.2) is 0 Å². The van der Waals surface area contributed by atoms with Gasteiger partial charge in [0, 0.05) is 5.02 Å². The van der Waals surface area contributed by atoms with Crippen molar-refractivity contribution < 1.29 is 14.3 Å². The Morgan fingerprint density at radius 2 is 1.61 bits per heavy atom. The number of esters is 1. The van der Waals surface area contributed by atoms with Gasteiger partial charge < -0.3 is 9.47 Å². The molecule has 0 radical (unpaired) electrons. The third-order valence-electron chi connectivity index (χ3n) is 4.60. The van der Waals surface area contributed by atoms with Gasteiger partial charge >= 0.3 is 5.97 Å². The van der Waals surface area contributed by atoms with E-state index in [9.17, 15) is 4.79 Å². The first-order chi connectivity index (χ1) is 13.5. The zero-order valence-electron chi connectivity index (χ0n) is 16.2. The normalized spacial score (nSPS) is 11.9. The molecule has 0 spiro atoms. The molecule has 0 amide bonds. The van der Waals surface area contributed by atoms with Crippen LogP contribution < -0.4 is 4.74 Å². The van der Waals surface area contributed by atoms with Gasteiger partial charge in [0.25, 0.3) is 0 Å². The summed E-state index contributed by atoms with van der Waals surface area (Å²) >= 11 is 6.29. The molecule has 1 unspecified atom stereocenters. The van der Waals surface area contributed by atoms with Crippen LogP contribution in [-0.2, 0) is 9.53 Å². The summed E-state index contributed by atoms with van der Waals surface area (Å²) in [4.78, 5) is 12.5. The van der Waals surface area contributed by atoms with E-state index >= 15 is 0 Å². The Bertz CT molecular complexity index is 951. The van der Waals surface area contributed by atoms with E-state index in [-0.39, 0.29) is 17.8 Å². The van der Waals surface area contributed by atoms with Crippen LogP contribution >= 0.6 is 11.6 Å². The summed E-state index contributed by atoms with van der Waals surface area (Å²) in [6, 6.07) is 23.0. The summed E-state index contributed by atoms with van der Waals surface area (Å²) in [7, 11) is 1.42. The van der Waals surface area contributed by atoms with Crippen LogP contribution in [0.25, 0.3) is 11.1 Å². The van der Waals surface area contributed by atoms with Gasteiger partial charge in [-0.15, -0.1) is 0 Å². The zero-order valence-corrected chi connectivity index (χ0v) is 16.9. The van der Waals surface area contributed by atoms with Crippen LogP contribution in [-0.4, -0.2) is 13.1 Å². The number of hydrogen-bond acceptors (Lipinski definition) is 3. The number of para-hydroxylation sites is 1. The molecule has 144 valence electrons. The minimum Gasteiger partial charge on any atom is -0.469 e. The van der Waals surface area contributed by atoms with Crippen molar-refractivity contribution >= 4 is 17.6 Å². The molecule has 3 aromatic rings. The summed E-state index contributed by atoms with van der Waals surface area (Å²) in [6.45, 7) is 4.02. The molecular formula is C24H23ClO3. The van der Waals surface area contributed by atoms with E-state index in [1.165, 1.54) is 7.11 Å². The molecule has 0 aromatic heterocycles. The number of methoxy groups -OCH3 is 1. The number of benzene rings is 3. The predicted molar refractivity (Wildman–Crippen MR) is 113 cm³/mol. The van der Waals surface area contributed by atoms with Crippen molar-refractivity contribution in [3.63, 3.8) is 0 Å². The molecular weight excluding hydrogens is 372 g/mol. The van der Waals surface area contributed by atoms with Crippen LogP contribution in [0, 0.1) is 5.92 Å². The topological polar surface area (TPSA) is 35.5 Å². The molecule has 0 N–H and O–H groups in total. The Hall–Kier alpha value is -2.78. The molecule has 0 saturated heterocycles. The molecule has 0 bridgehead atoms. The van der Waals surface area contributed by atoms with E-state index in [1.807, 2.05) is 86.6 Å². The number of halogens is 1. The number of ether oxygens (including phenoxy) is 2. The summed E-state index contributed by atoms with van der Waals surface area (Å²) < 4.78 is 11.0. The second kappa shape index (κ2) is 8.94. The Labute approximate surface area is 170 Å². The number of hydrogen-bond donors (Lipinski definition) is 0. The lowest BCUT2D eigenvalue weighted by molar-refractivity contribution is -0.143. The maximum Gasteiger partial charge on any atom is 0.313 e. The van der Waals surface area contributed by atoms with Gasteiger partial charge in [-0.3, -0.25) is 4.79 Å². The van der Waals surface area contributed by atoms with Gasteiger partial charge in [0.1, 0.15) is 11.5 Å². The van der Waals surface area contributed by atoms with Crippen molar-refractivity contribution in [1.82, 2.24) is 0 Å². The molecule has 3 nitrogen and oxygen atoms in total. The summed E-state index contributed by atoms with van der Waals surface area (Å²) in [5.74, 6) is 0.928. The third kappa shape index (κ3) is 4.55. The van der Waals surface area contributed by atoms with E-state index in [0.29, 0.717) is 10.8 Å². The molecule has 0 heterocycles. The van der Waals surface area contributed by atoms with Gasteiger partial charge in [-0.1, -0.05) is 61.8 Å². The molecule has 0 aliphatic heterocycles. The first kappa shape index (κ1) is 20.0. The first-order valence-electron chi connectivity index (χ1n) is 9.20. The highest BCUT2D eigenvalue weighted by molar-refractivity contribution is 6.30. The van der Waals surface area contributed by atoms with Crippen LogP contribution in [0.15, 0.2) is 72.8 Å². The zero-order chi connectivity index (χ0) is 20.1. The van der Waals surface area contributed by atoms with Crippen LogP contribution in [0.2, 0.25) is 5.02 Å². The summed E-state index contributed by atoms with van der Waals surface area (Å²) in [6.07, 6.45) is 0. The van der Waals surface area contributed by atoms with E-state index in [4.69, 9.17) is 21.1 Å². The van der Waals surface area contributed by atoms with Gasteiger partial charge in [-0.05, 0) is 59.0 Å². The predicted octanol–water partition coefficient (Wildman–Crippen LogP) is 6.71. The van der Waals surface area contributed by atoms with Crippen molar-refractivity contribution in [2.75, 3.05) is 7.11 Å². The molecule has 0 fully saturated rings. The summed E-state index contributed by atoms with van der Waals surface area (Å²) in [5.41, 5.74) is 2.72. The Morgan fingerprint density at radius 1 is 0.893 bits per heavy atom. The second-order valence-electron chi connectivity index (χ2n) is 6.92. The van der Waals surface area contributed by atoms with Gasteiger partial charge in [-0.2, -0.15) is 0 Å². The fourth-order valence-electron chi connectivity index (χ4n) is 3.29. The maximum absolute atomic E-state index is 12.5. The SMILES string of the molecule is COC(=O)C(c1ccc(Cl)cc1-c1cccc(Oc2ccccc2)c1)C(C)C. The van der Waals surface area contributed by atoms with Crippen LogP contribution in [0.4, 0.5) is 0 Å². The van der Waals surface area contributed by atoms with Crippen molar-refractivity contribution in [3.05, 3.63) is 83.4 Å². The average molecular weight is 395 g/mol. The van der Waals surface area contributed by atoms with Crippen LogP contribution in [0.1, 0.15) is 25.3 Å². The fourth-order valence-corrected chi connectivity index (χ4v) is 3.46. The number of carbonyl (C=O) groups is 1. The smallest absolute Gasteiger partial charge is 0.313 e. The Kier molecular flexibility index (Phi) is 6.37. The van der Waals surface area contributed by atoms with E-state index in [2.05, 4.69) is 0 Å². The summed E-state index contributed by atoms with van der Waals surface area (Å²) in [5, 5.41) is 0.612. The Balaban J connectivity index is 2.05. The Morgan fingerprint density at radius 3 is 2.29 bits per heavy atom. The minimum absolute atomic E-state index is 0.0797. The minimum atomic E-state index is -0.379. The lowest BCUT2D eigenvalue weighted by Gasteiger charge is -2.22. The lowest BCUT2D eigenvalue weighted by atomic mass is 9.83. The average Bonchev–Trinajstić information content (AvgIpc) is 2.70. The quantitative estimate of drug-likeness (QED) is 0.436. The van der Waals surface area contributed by atoms with Crippen molar-refractivity contribution in [2.24, 2.45) is 5.92 Å². The van der Waals surface area contributed by atoms with Crippen LogP contribution in [0.5, 0.6) is 11.5 Å². The highest BCUT2D eigenvalue weighted by atomic mass is 35.5. The maximum atomic E-state index is 12.5. The molecule has 0 aliphatic rings.